The molecule has 0 radical (unpaired) electrons. The third kappa shape index (κ3) is 3.44. The molecule has 0 unspecified atom stereocenters. The van der Waals surface area contributed by atoms with Gasteiger partial charge < -0.3 is 15.6 Å². The molecule has 0 fully saturated rings. The van der Waals surface area contributed by atoms with Crippen molar-refractivity contribution in [1.82, 2.24) is 4.57 Å². The van der Waals surface area contributed by atoms with Gasteiger partial charge in [0.15, 0.2) is 0 Å². The van der Waals surface area contributed by atoms with E-state index in [-0.39, 0.29) is 11.0 Å². The molecule has 3 aromatic rings. The number of hydrogen-bond acceptors (Lipinski definition) is 3. The van der Waals surface area contributed by atoms with Gasteiger partial charge in [0.2, 0.25) is 11.3 Å². The second kappa shape index (κ2) is 7.25. The zero-order chi connectivity index (χ0) is 19.7. The normalized spacial score (nSPS) is 10.8. The molecular formula is C20H18ClN3O3. The molecule has 2 amide bonds. The summed E-state index contributed by atoms with van der Waals surface area (Å²) in [7, 11) is 0. The lowest BCUT2D eigenvalue weighted by Crippen LogP contribution is -2.24. The number of anilines is 1. The van der Waals surface area contributed by atoms with Gasteiger partial charge in [-0.05, 0) is 55.8 Å². The Balaban J connectivity index is 2.04. The number of carbonyl (C=O) groups excluding carboxylic acids is 2. The molecule has 3 N–H and O–H groups in total. The summed E-state index contributed by atoms with van der Waals surface area (Å²) < 4.78 is 1.84. The molecule has 2 aromatic carbocycles. The molecule has 7 heteroatoms. The van der Waals surface area contributed by atoms with Crippen LogP contribution >= 0.6 is 11.6 Å². The maximum absolute atomic E-state index is 12.9. The van der Waals surface area contributed by atoms with E-state index < -0.39 is 11.8 Å². The Kier molecular flexibility index (Phi) is 5.01. The Labute approximate surface area is 160 Å². The van der Waals surface area contributed by atoms with Crippen molar-refractivity contribution in [2.45, 2.75) is 20.4 Å². The topological polar surface area (TPSA) is 94.2 Å². The molecule has 0 saturated heterocycles. The standard InChI is InChI=1S/C20H18ClN3O3/c1-3-24-10-15(18(25)14-8-9-16(21)11(2)17(14)24)20(27)23-13-6-4-12(5-7-13)19(22)26/h4-10H,3H2,1-2H3,(H2,22,26)(H,23,27). The van der Waals surface area contributed by atoms with E-state index in [9.17, 15) is 14.4 Å². The highest BCUT2D eigenvalue weighted by molar-refractivity contribution is 6.32. The van der Waals surface area contributed by atoms with E-state index in [0.717, 1.165) is 11.1 Å². The van der Waals surface area contributed by atoms with Gasteiger partial charge in [-0.1, -0.05) is 11.6 Å². The zero-order valence-corrected chi connectivity index (χ0v) is 15.6. The van der Waals surface area contributed by atoms with Crippen molar-refractivity contribution in [3.05, 3.63) is 74.5 Å². The summed E-state index contributed by atoms with van der Waals surface area (Å²) in [4.78, 5) is 36.7. The number of fused-ring (bicyclic) bond motifs is 1. The van der Waals surface area contributed by atoms with Crippen molar-refractivity contribution in [2.75, 3.05) is 5.32 Å². The maximum atomic E-state index is 12.9. The summed E-state index contributed by atoms with van der Waals surface area (Å²) >= 11 is 6.19. The molecule has 1 aromatic heterocycles. The third-order valence-electron chi connectivity index (χ3n) is 4.44. The van der Waals surface area contributed by atoms with Gasteiger partial charge in [0, 0.05) is 34.4 Å². The summed E-state index contributed by atoms with van der Waals surface area (Å²) in [5.41, 5.74) is 7.18. The van der Waals surface area contributed by atoms with Gasteiger partial charge in [0.25, 0.3) is 5.91 Å². The molecule has 0 spiro atoms. The van der Waals surface area contributed by atoms with E-state index >= 15 is 0 Å². The van der Waals surface area contributed by atoms with Crippen LogP contribution in [0.2, 0.25) is 5.02 Å². The first-order valence-electron chi connectivity index (χ1n) is 8.37. The Hall–Kier alpha value is -3.12. The average Bonchev–Trinajstić information content (AvgIpc) is 2.65. The Morgan fingerprint density at radius 2 is 1.81 bits per heavy atom. The number of aromatic nitrogens is 1. The largest absolute Gasteiger partial charge is 0.366 e. The van der Waals surface area contributed by atoms with Crippen LogP contribution in [0.5, 0.6) is 0 Å². The van der Waals surface area contributed by atoms with E-state index in [1.54, 1.807) is 30.5 Å². The summed E-state index contributed by atoms with van der Waals surface area (Å²) in [5.74, 6) is -1.08. The smallest absolute Gasteiger partial charge is 0.261 e. The molecule has 0 aliphatic carbocycles. The summed E-state index contributed by atoms with van der Waals surface area (Å²) in [6.07, 6.45) is 1.54. The van der Waals surface area contributed by atoms with Crippen LogP contribution < -0.4 is 16.5 Å². The number of amides is 2. The van der Waals surface area contributed by atoms with Crippen molar-refractivity contribution in [3.8, 4) is 0 Å². The van der Waals surface area contributed by atoms with Gasteiger partial charge in [-0.2, -0.15) is 0 Å². The molecule has 6 nitrogen and oxygen atoms in total. The summed E-state index contributed by atoms with van der Waals surface area (Å²) in [6.45, 7) is 4.34. The molecule has 3 rings (SSSR count). The van der Waals surface area contributed by atoms with Gasteiger partial charge in [0.1, 0.15) is 5.56 Å². The van der Waals surface area contributed by atoms with Crippen molar-refractivity contribution in [2.24, 2.45) is 5.73 Å². The second-order valence-corrected chi connectivity index (χ2v) is 6.53. The van der Waals surface area contributed by atoms with Crippen LogP contribution in [0.3, 0.4) is 0 Å². The van der Waals surface area contributed by atoms with Crippen LogP contribution in [0, 0.1) is 6.92 Å². The SMILES string of the molecule is CCn1cc(C(=O)Nc2ccc(C(N)=O)cc2)c(=O)c2ccc(Cl)c(C)c21. The number of benzene rings is 2. The van der Waals surface area contributed by atoms with Crippen LogP contribution in [0.15, 0.2) is 47.4 Å². The fraction of sp³-hybridized carbons (Fsp3) is 0.150. The molecule has 27 heavy (non-hydrogen) atoms. The van der Waals surface area contributed by atoms with Crippen LogP contribution in [-0.2, 0) is 6.54 Å². The van der Waals surface area contributed by atoms with E-state index in [1.165, 1.54) is 12.1 Å². The highest BCUT2D eigenvalue weighted by atomic mass is 35.5. The monoisotopic (exact) mass is 383 g/mol. The first kappa shape index (κ1) is 18.7. The molecule has 0 atom stereocenters. The fourth-order valence-electron chi connectivity index (χ4n) is 2.98. The number of nitrogens with zero attached hydrogens (tertiary/aromatic N) is 1. The van der Waals surface area contributed by atoms with Gasteiger partial charge in [-0.25, -0.2) is 0 Å². The van der Waals surface area contributed by atoms with Crippen LogP contribution in [0.25, 0.3) is 10.9 Å². The van der Waals surface area contributed by atoms with E-state index in [4.69, 9.17) is 17.3 Å². The molecule has 0 saturated carbocycles. The first-order chi connectivity index (χ1) is 12.8. The number of halogens is 1. The summed E-state index contributed by atoms with van der Waals surface area (Å²) in [6, 6.07) is 9.42. The molecule has 0 aliphatic heterocycles. The highest BCUT2D eigenvalue weighted by Gasteiger charge is 2.17. The number of carbonyl (C=O) groups is 2. The lowest BCUT2D eigenvalue weighted by molar-refractivity contribution is 0.0998. The number of pyridine rings is 1. The van der Waals surface area contributed by atoms with E-state index in [2.05, 4.69) is 5.32 Å². The van der Waals surface area contributed by atoms with Crippen molar-refractivity contribution >= 4 is 40.0 Å². The lowest BCUT2D eigenvalue weighted by atomic mass is 10.1. The second-order valence-electron chi connectivity index (χ2n) is 6.12. The van der Waals surface area contributed by atoms with Crippen LogP contribution in [0.1, 0.15) is 33.2 Å². The van der Waals surface area contributed by atoms with Crippen LogP contribution in [0.4, 0.5) is 5.69 Å². The molecule has 138 valence electrons. The highest BCUT2D eigenvalue weighted by Crippen LogP contribution is 2.24. The molecular weight excluding hydrogens is 366 g/mol. The molecule has 0 aliphatic rings. The minimum absolute atomic E-state index is 0.0325. The van der Waals surface area contributed by atoms with Crippen molar-refractivity contribution in [3.63, 3.8) is 0 Å². The third-order valence-corrected chi connectivity index (χ3v) is 4.85. The Morgan fingerprint density at radius 3 is 2.41 bits per heavy atom. The van der Waals surface area contributed by atoms with Gasteiger partial charge in [0.05, 0.1) is 5.52 Å². The van der Waals surface area contributed by atoms with Crippen molar-refractivity contribution in [1.29, 1.82) is 0 Å². The predicted octanol–water partition coefficient (Wildman–Crippen LogP) is 3.33. The maximum Gasteiger partial charge on any atom is 0.261 e. The number of primary amides is 1. The number of rotatable bonds is 4. The fourth-order valence-corrected chi connectivity index (χ4v) is 3.13. The van der Waals surface area contributed by atoms with E-state index in [1.807, 2.05) is 18.4 Å². The Bertz CT molecular complexity index is 1120. The Morgan fingerprint density at radius 1 is 1.15 bits per heavy atom. The zero-order valence-electron chi connectivity index (χ0n) is 14.9. The number of aryl methyl sites for hydroxylation is 2. The van der Waals surface area contributed by atoms with E-state index in [0.29, 0.717) is 28.2 Å². The number of nitrogens with two attached hydrogens (primary N) is 1. The van der Waals surface area contributed by atoms with Crippen LogP contribution in [-0.4, -0.2) is 16.4 Å². The predicted molar refractivity (Wildman–Crippen MR) is 107 cm³/mol. The van der Waals surface area contributed by atoms with Gasteiger partial charge >= 0.3 is 0 Å². The van der Waals surface area contributed by atoms with Gasteiger partial charge in [-0.15, -0.1) is 0 Å². The van der Waals surface area contributed by atoms with Gasteiger partial charge in [-0.3, -0.25) is 14.4 Å². The molecule has 0 bridgehead atoms. The minimum Gasteiger partial charge on any atom is -0.366 e. The number of nitrogens with one attached hydrogen (secondary N) is 1. The molecule has 1 heterocycles. The van der Waals surface area contributed by atoms with Crippen molar-refractivity contribution < 1.29 is 9.59 Å². The summed E-state index contributed by atoms with van der Waals surface area (Å²) in [5, 5.41) is 3.68. The first-order valence-corrected chi connectivity index (χ1v) is 8.74. The lowest BCUT2D eigenvalue weighted by Gasteiger charge is -2.14. The quantitative estimate of drug-likeness (QED) is 0.723. The average molecular weight is 384 g/mol. The number of hydrogen-bond donors (Lipinski definition) is 2. The minimum atomic E-state index is -0.553.